The standard InChI is InChI=1S/C10H11FIN3/c1-5(2)15-9-3-6(11)7(12)4-8(9)14-10(15)13/h3-5H,1-2H3,(H2,13,14). The molecule has 0 radical (unpaired) electrons. The monoisotopic (exact) mass is 319 g/mol. The zero-order chi connectivity index (χ0) is 11.2. The molecule has 0 amide bonds. The highest BCUT2D eigenvalue weighted by molar-refractivity contribution is 14.1. The van der Waals surface area contributed by atoms with E-state index in [0.717, 1.165) is 11.0 Å². The van der Waals surface area contributed by atoms with Crippen molar-refractivity contribution in [1.82, 2.24) is 9.55 Å². The molecule has 0 saturated heterocycles. The molecule has 1 heterocycles. The Hall–Kier alpha value is -0.850. The summed E-state index contributed by atoms with van der Waals surface area (Å²) in [7, 11) is 0. The lowest BCUT2D eigenvalue weighted by molar-refractivity contribution is 0.610. The Morgan fingerprint density at radius 3 is 2.73 bits per heavy atom. The lowest BCUT2D eigenvalue weighted by Gasteiger charge is -2.10. The number of imidazole rings is 1. The van der Waals surface area contributed by atoms with E-state index in [1.807, 2.05) is 41.0 Å². The maximum absolute atomic E-state index is 13.4. The Kier molecular flexibility index (Phi) is 2.57. The second-order valence-corrected chi connectivity index (χ2v) is 4.85. The summed E-state index contributed by atoms with van der Waals surface area (Å²) in [6.45, 7) is 3.99. The third-order valence-corrected chi connectivity index (χ3v) is 3.10. The fourth-order valence-electron chi connectivity index (χ4n) is 1.65. The molecule has 0 aliphatic rings. The van der Waals surface area contributed by atoms with Gasteiger partial charge < -0.3 is 10.3 Å². The van der Waals surface area contributed by atoms with Crippen LogP contribution < -0.4 is 5.73 Å². The first-order valence-electron chi connectivity index (χ1n) is 4.63. The summed E-state index contributed by atoms with van der Waals surface area (Å²) in [5, 5.41) is 0. The number of halogens is 2. The van der Waals surface area contributed by atoms with Gasteiger partial charge >= 0.3 is 0 Å². The first-order valence-corrected chi connectivity index (χ1v) is 5.71. The van der Waals surface area contributed by atoms with E-state index in [1.165, 1.54) is 6.07 Å². The summed E-state index contributed by atoms with van der Waals surface area (Å²) < 4.78 is 15.8. The summed E-state index contributed by atoms with van der Waals surface area (Å²) >= 11 is 1.95. The van der Waals surface area contributed by atoms with Crippen molar-refractivity contribution in [1.29, 1.82) is 0 Å². The summed E-state index contributed by atoms with van der Waals surface area (Å²) in [5.41, 5.74) is 7.27. The highest BCUT2D eigenvalue weighted by Gasteiger charge is 2.13. The summed E-state index contributed by atoms with van der Waals surface area (Å²) in [4.78, 5) is 4.21. The number of fused-ring (bicyclic) bond motifs is 1. The summed E-state index contributed by atoms with van der Waals surface area (Å²) in [6.07, 6.45) is 0. The number of nitrogens with zero attached hydrogens (tertiary/aromatic N) is 2. The molecular weight excluding hydrogens is 308 g/mol. The zero-order valence-corrected chi connectivity index (χ0v) is 10.6. The van der Waals surface area contributed by atoms with Gasteiger partial charge in [0, 0.05) is 12.1 Å². The van der Waals surface area contributed by atoms with Crippen molar-refractivity contribution >= 4 is 39.6 Å². The molecule has 2 N–H and O–H groups in total. The summed E-state index contributed by atoms with van der Waals surface area (Å²) in [5.74, 6) is 0.200. The molecule has 3 nitrogen and oxygen atoms in total. The number of hydrogen-bond acceptors (Lipinski definition) is 2. The Balaban J connectivity index is 2.81. The Bertz CT molecular complexity index is 519. The van der Waals surface area contributed by atoms with E-state index >= 15 is 0 Å². The molecule has 0 fully saturated rings. The van der Waals surface area contributed by atoms with Gasteiger partial charge in [-0.05, 0) is 42.5 Å². The number of nitrogen functional groups attached to an aromatic ring is 1. The van der Waals surface area contributed by atoms with Crippen molar-refractivity contribution in [2.75, 3.05) is 5.73 Å². The fourth-order valence-corrected chi connectivity index (χ4v) is 2.10. The van der Waals surface area contributed by atoms with E-state index in [2.05, 4.69) is 4.98 Å². The molecule has 0 spiro atoms. The predicted octanol–water partition coefficient (Wildman–Crippen LogP) is 2.94. The molecule has 2 aromatic rings. The molecular formula is C10H11FIN3. The molecule has 0 bridgehead atoms. The number of anilines is 1. The van der Waals surface area contributed by atoms with E-state index in [1.54, 1.807) is 6.07 Å². The van der Waals surface area contributed by atoms with Gasteiger partial charge in [-0.25, -0.2) is 9.37 Å². The molecule has 80 valence electrons. The van der Waals surface area contributed by atoms with E-state index in [0.29, 0.717) is 9.52 Å². The molecule has 1 aromatic heterocycles. The van der Waals surface area contributed by atoms with Crippen molar-refractivity contribution < 1.29 is 4.39 Å². The Morgan fingerprint density at radius 1 is 1.47 bits per heavy atom. The first-order chi connectivity index (χ1) is 7.00. The highest BCUT2D eigenvalue weighted by Crippen LogP contribution is 2.25. The van der Waals surface area contributed by atoms with Gasteiger partial charge in [-0.1, -0.05) is 0 Å². The van der Waals surface area contributed by atoms with E-state index in [4.69, 9.17) is 5.73 Å². The SMILES string of the molecule is CC(C)n1c(N)nc2cc(I)c(F)cc21. The van der Waals surface area contributed by atoms with Crippen LogP contribution in [0.3, 0.4) is 0 Å². The molecule has 0 aliphatic carbocycles. The van der Waals surface area contributed by atoms with Crippen LogP contribution in [0.15, 0.2) is 12.1 Å². The maximum Gasteiger partial charge on any atom is 0.201 e. The minimum absolute atomic E-state index is 0.175. The average Bonchev–Trinajstić information content (AvgIpc) is 2.41. The second kappa shape index (κ2) is 3.62. The number of nitrogens with two attached hydrogens (primary N) is 1. The average molecular weight is 319 g/mol. The molecule has 15 heavy (non-hydrogen) atoms. The smallest absolute Gasteiger partial charge is 0.201 e. The van der Waals surface area contributed by atoms with Crippen LogP contribution in [0.25, 0.3) is 11.0 Å². The first kappa shape index (κ1) is 10.7. The van der Waals surface area contributed by atoms with Gasteiger partial charge in [0.15, 0.2) is 0 Å². The molecule has 1 aromatic carbocycles. The molecule has 0 saturated carbocycles. The second-order valence-electron chi connectivity index (χ2n) is 3.69. The van der Waals surface area contributed by atoms with Crippen LogP contribution in [0.4, 0.5) is 10.3 Å². The van der Waals surface area contributed by atoms with Gasteiger partial charge in [0.05, 0.1) is 14.6 Å². The molecule has 0 aliphatic heterocycles. The van der Waals surface area contributed by atoms with Crippen LogP contribution in [0, 0.1) is 9.39 Å². The molecule has 0 unspecified atom stereocenters. The predicted molar refractivity (Wildman–Crippen MR) is 67.2 cm³/mol. The van der Waals surface area contributed by atoms with E-state index in [-0.39, 0.29) is 11.9 Å². The van der Waals surface area contributed by atoms with Crippen molar-refractivity contribution in [3.63, 3.8) is 0 Å². The Labute approximate surface area is 101 Å². The van der Waals surface area contributed by atoms with Gasteiger partial charge in [0.1, 0.15) is 5.82 Å². The topological polar surface area (TPSA) is 43.8 Å². The minimum Gasteiger partial charge on any atom is -0.369 e. The normalized spacial score (nSPS) is 11.5. The largest absolute Gasteiger partial charge is 0.369 e. The van der Waals surface area contributed by atoms with Gasteiger partial charge in [-0.2, -0.15) is 0 Å². The van der Waals surface area contributed by atoms with Crippen LogP contribution >= 0.6 is 22.6 Å². The molecule has 2 rings (SSSR count). The lowest BCUT2D eigenvalue weighted by atomic mass is 10.3. The fraction of sp³-hybridized carbons (Fsp3) is 0.300. The van der Waals surface area contributed by atoms with Gasteiger partial charge in [0.2, 0.25) is 5.95 Å². The number of rotatable bonds is 1. The van der Waals surface area contributed by atoms with Crippen LogP contribution in [-0.4, -0.2) is 9.55 Å². The minimum atomic E-state index is -0.232. The van der Waals surface area contributed by atoms with Crippen molar-refractivity contribution in [2.45, 2.75) is 19.9 Å². The summed E-state index contributed by atoms with van der Waals surface area (Å²) in [6, 6.07) is 3.37. The third-order valence-electron chi connectivity index (χ3n) is 2.28. The Morgan fingerprint density at radius 2 is 2.13 bits per heavy atom. The number of aromatic nitrogens is 2. The molecule has 5 heteroatoms. The van der Waals surface area contributed by atoms with Crippen LogP contribution in [0.2, 0.25) is 0 Å². The van der Waals surface area contributed by atoms with Crippen molar-refractivity contribution in [2.24, 2.45) is 0 Å². The quantitative estimate of drug-likeness (QED) is 0.822. The van der Waals surface area contributed by atoms with Gasteiger partial charge in [-0.15, -0.1) is 0 Å². The molecule has 0 atom stereocenters. The zero-order valence-electron chi connectivity index (χ0n) is 8.46. The lowest BCUT2D eigenvalue weighted by Crippen LogP contribution is -2.05. The van der Waals surface area contributed by atoms with Crippen molar-refractivity contribution in [3.8, 4) is 0 Å². The highest BCUT2D eigenvalue weighted by atomic mass is 127. The van der Waals surface area contributed by atoms with Crippen LogP contribution in [0.1, 0.15) is 19.9 Å². The van der Waals surface area contributed by atoms with Crippen molar-refractivity contribution in [3.05, 3.63) is 21.5 Å². The third kappa shape index (κ3) is 1.68. The van der Waals surface area contributed by atoms with Crippen LogP contribution in [-0.2, 0) is 0 Å². The van der Waals surface area contributed by atoms with Gasteiger partial charge in [-0.3, -0.25) is 0 Å². The van der Waals surface area contributed by atoms with E-state index in [9.17, 15) is 4.39 Å². The van der Waals surface area contributed by atoms with Gasteiger partial charge in [0.25, 0.3) is 0 Å². The number of hydrogen-bond donors (Lipinski definition) is 1. The maximum atomic E-state index is 13.4. The number of benzene rings is 1. The van der Waals surface area contributed by atoms with Crippen LogP contribution in [0.5, 0.6) is 0 Å². The van der Waals surface area contributed by atoms with E-state index < -0.39 is 0 Å².